The third-order valence-electron chi connectivity index (χ3n) is 6.68. The number of nitrogens with zero attached hydrogens (tertiary/aromatic N) is 2. The minimum absolute atomic E-state index is 0.106. The van der Waals surface area contributed by atoms with E-state index in [2.05, 4.69) is 41.7 Å². The summed E-state index contributed by atoms with van der Waals surface area (Å²) in [5, 5.41) is 3.62. The molecular weight excluding hydrogens is 392 g/mol. The van der Waals surface area contributed by atoms with E-state index in [4.69, 9.17) is 0 Å². The lowest BCUT2D eigenvalue weighted by molar-refractivity contribution is 0.0167. The van der Waals surface area contributed by atoms with Crippen molar-refractivity contribution in [3.63, 3.8) is 0 Å². The lowest BCUT2D eigenvalue weighted by Crippen LogP contribution is -2.40. The maximum Gasteiger partial charge on any atom is 0.270 e. The molecule has 1 aliphatic carbocycles. The molecule has 1 heterocycles. The largest absolute Gasteiger partial charge is 0.363 e. The van der Waals surface area contributed by atoms with Gasteiger partial charge in [0.1, 0.15) is 0 Å². The van der Waals surface area contributed by atoms with Crippen molar-refractivity contribution >= 4 is 6.21 Å². The first-order valence-corrected chi connectivity index (χ1v) is 11.6. The predicted molar refractivity (Wildman–Crippen MR) is 126 cm³/mol. The number of halogens is 2. The van der Waals surface area contributed by atoms with Crippen molar-refractivity contribution in [2.45, 2.75) is 84.4 Å². The van der Waals surface area contributed by atoms with Crippen molar-refractivity contribution in [1.82, 2.24) is 10.2 Å². The van der Waals surface area contributed by atoms with Gasteiger partial charge in [-0.25, -0.2) is 8.78 Å². The first-order chi connectivity index (χ1) is 14.7. The Morgan fingerprint density at radius 3 is 2.74 bits per heavy atom. The van der Waals surface area contributed by atoms with Crippen molar-refractivity contribution in [2.75, 3.05) is 6.54 Å². The van der Waals surface area contributed by atoms with Gasteiger partial charge >= 0.3 is 0 Å². The Kier molecular flexibility index (Phi) is 7.68. The van der Waals surface area contributed by atoms with Gasteiger partial charge in [-0.1, -0.05) is 38.6 Å². The van der Waals surface area contributed by atoms with Gasteiger partial charge in [0.2, 0.25) is 0 Å². The molecule has 0 spiro atoms. The van der Waals surface area contributed by atoms with Crippen molar-refractivity contribution in [3.05, 3.63) is 58.9 Å². The van der Waals surface area contributed by atoms with Crippen LogP contribution in [-0.4, -0.2) is 29.7 Å². The molecule has 3 nitrogen and oxygen atoms in total. The standard InChI is InChI=1S/C26H37F2N3/c1-6-29-22-9-7-11-25(19(3)15-22)31(20(4)24-10-8-14-30-24)17-21-13-12-18(2)23(16-21)26(5,27)28/h10,12-14,16,19,22,25,29H,4,6-9,11,15,17H2,1-3,5H3. The Labute approximate surface area is 186 Å². The molecule has 0 bridgehead atoms. The van der Waals surface area contributed by atoms with Crippen molar-refractivity contribution in [3.8, 4) is 0 Å². The first-order valence-electron chi connectivity index (χ1n) is 11.6. The van der Waals surface area contributed by atoms with Crippen LogP contribution in [0.15, 0.2) is 47.2 Å². The molecule has 1 fully saturated rings. The summed E-state index contributed by atoms with van der Waals surface area (Å²) in [5.41, 5.74) is 3.44. The van der Waals surface area contributed by atoms with Gasteiger partial charge < -0.3 is 10.2 Å². The molecule has 31 heavy (non-hydrogen) atoms. The summed E-state index contributed by atoms with van der Waals surface area (Å²) < 4.78 is 28.3. The summed E-state index contributed by atoms with van der Waals surface area (Å²) >= 11 is 0. The molecule has 1 aliphatic heterocycles. The monoisotopic (exact) mass is 429 g/mol. The lowest BCUT2D eigenvalue weighted by atomic mass is 9.92. The summed E-state index contributed by atoms with van der Waals surface area (Å²) in [6.45, 7) is 13.1. The average molecular weight is 430 g/mol. The number of rotatable bonds is 8. The zero-order chi connectivity index (χ0) is 22.6. The smallest absolute Gasteiger partial charge is 0.270 e. The summed E-state index contributed by atoms with van der Waals surface area (Å²) in [6, 6.07) is 6.30. The van der Waals surface area contributed by atoms with Gasteiger partial charge in [-0.2, -0.15) is 0 Å². The SMILES string of the molecule is C=C(C1=CCC=N1)N(Cc1ccc(C)c(C(C)(F)F)c1)C1CCCC(NCC)CC1C. The highest BCUT2D eigenvalue weighted by molar-refractivity contribution is 5.66. The number of benzene rings is 1. The van der Waals surface area contributed by atoms with Crippen LogP contribution in [0.25, 0.3) is 0 Å². The van der Waals surface area contributed by atoms with E-state index in [0.717, 1.165) is 56.1 Å². The van der Waals surface area contributed by atoms with Crippen LogP contribution in [0.4, 0.5) is 8.78 Å². The molecule has 0 amide bonds. The maximum atomic E-state index is 14.2. The minimum Gasteiger partial charge on any atom is -0.363 e. The van der Waals surface area contributed by atoms with Crippen LogP contribution in [0.1, 0.15) is 69.6 Å². The number of allylic oxidation sites excluding steroid dienone is 1. The molecule has 1 N–H and O–H groups in total. The fraction of sp³-hybridized carbons (Fsp3) is 0.577. The van der Waals surface area contributed by atoms with E-state index in [-0.39, 0.29) is 5.56 Å². The summed E-state index contributed by atoms with van der Waals surface area (Å²) in [6.07, 6.45) is 9.31. The Morgan fingerprint density at radius 2 is 2.10 bits per heavy atom. The van der Waals surface area contributed by atoms with Crippen molar-refractivity contribution in [1.29, 1.82) is 0 Å². The first kappa shape index (κ1) is 23.6. The molecule has 1 aromatic carbocycles. The van der Waals surface area contributed by atoms with Crippen LogP contribution in [0, 0.1) is 12.8 Å². The van der Waals surface area contributed by atoms with Crippen LogP contribution in [0.3, 0.4) is 0 Å². The fourth-order valence-corrected chi connectivity index (χ4v) is 5.08. The molecule has 2 aliphatic rings. The number of aryl methyl sites for hydroxylation is 1. The highest BCUT2D eigenvalue weighted by atomic mass is 19.3. The molecule has 5 heteroatoms. The Balaban J connectivity index is 1.90. The van der Waals surface area contributed by atoms with E-state index in [0.29, 0.717) is 30.1 Å². The van der Waals surface area contributed by atoms with Gasteiger partial charge in [-0.3, -0.25) is 4.99 Å². The van der Waals surface area contributed by atoms with E-state index < -0.39 is 5.92 Å². The molecular formula is C26H37F2N3. The van der Waals surface area contributed by atoms with E-state index in [1.807, 2.05) is 18.3 Å². The lowest BCUT2D eigenvalue weighted by Gasteiger charge is -2.38. The zero-order valence-corrected chi connectivity index (χ0v) is 19.4. The number of nitrogens with one attached hydrogen (secondary N) is 1. The van der Waals surface area contributed by atoms with Crippen LogP contribution in [-0.2, 0) is 12.5 Å². The molecule has 0 radical (unpaired) electrons. The van der Waals surface area contributed by atoms with Gasteiger partial charge in [-0.05, 0) is 62.3 Å². The molecule has 1 aromatic rings. The van der Waals surface area contributed by atoms with Gasteiger partial charge in [0.25, 0.3) is 5.92 Å². The highest BCUT2D eigenvalue weighted by Crippen LogP contribution is 2.35. The number of hydrogen-bond acceptors (Lipinski definition) is 3. The van der Waals surface area contributed by atoms with Crippen molar-refractivity contribution in [2.24, 2.45) is 10.9 Å². The second kappa shape index (κ2) is 10.1. The Morgan fingerprint density at radius 1 is 1.32 bits per heavy atom. The second-order valence-corrected chi connectivity index (χ2v) is 9.21. The Hall–Kier alpha value is -2.01. The molecule has 3 atom stereocenters. The van der Waals surface area contributed by atoms with E-state index in [1.54, 1.807) is 13.0 Å². The molecule has 1 saturated carbocycles. The summed E-state index contributed by atoms with van der Waals surface area (Å²) in [5.74, 6) is -2.39. The van der Waals surface area contributed by atoms with Gasteiger partial charge in [0.05, 0.1) is 11.4 Å². The van der Waals surface area contributed by atoms with Crippen LogP contribution < -0.4 is 5.32 Å². The third-order valence-corrected chi connectivity index (χ3v) is 6.68. The average Bonchev–Trinajstić information content (AvgIpc) is 3.18. The van der Waals surface area contributed by atoms with Crippen molar-refractivity contribution < 1.29 is 8.78 Å². The minimum atomic E-state index is -2.85. The van der Waals surface area contributed by atoms with Gasteiger partial charge in [0.15, 0.2) is 0 Å². The number of hydrogen-bond donors (Lipinski definition) is 1. The second-order valence-electron chi connectivity index (χ2n) is 9.21. The molecule has 0 saturated heterocycles. The quantitative estimate of drug-likeness (QED) is 0.489. The van der Waals surface area contributed by atoms with Gasteiger partial charge in [-0.15, -0.1) is 0 Å². The topological polar surface area (TPSA) is 27.6 Å². The maximum absolute atomic E-state index is 14.2. The molecule has 3 unspecified atom stereocenters. The van der Waals surface area contributed by atoms with E-state index >= 15 is 0 Å². The zero-order valence-electron chi connectivity index (χ0n) is 19.4. The fourth-order valence-electron chi connectivity index (χ4n) is 5.08. The van der Waals surface area contributed by atoms with Gasteiger partial charge in [0, 0.05) is 43.8 Å². The van der Waals surface area contributed by atoms with Crippen LogP contribution in [0.5, 0.6) is 0 Å². The third kappa shape index (κ3) is 5.82. The summed E-state index contributed by atoms with van der Waals surface area (Å²) in [4.78, 5) is 6.85. The van der Waals surface area contributed by atoms with Crippen LogP contribution >= 0.6 is 0 Å². The molecule has 0 aromatic heterocycles. The Bertz CT molecular complexity index is 838. The highest BCUT2D eigenvalue weighted by Gasteiger charge is 2.32. The number of alkyl halides is 2. The molecule has 170 valence electrons. The molecule has 3 rings (SSSR count). The number of aliphatic imine (C=N–C) groups is 1. The van der Waals surface area contributed by atoms with E-state index in [1.165, 1.54) is 6.42 Å². The summed E-state index contributed by atoms with van der Waals surface area (Å²) in [7, 11) is 0. The normalized spacial score (nSPS) is 24.1. The van der Waals surface area contributed by atoms with E-state index in [9.17, 15) is 8.78 Å². The van der Waals surface area contributed by atoms with Crippen LogP contribution in [0.2, 0.25) is 0 Å². The predicted octanol–water partition coefficient (Wildman–Crippen LogP) is 6.34.